The summed E-state index contributed by atoms with van der Waals surface area (Å²) in [7, 11) is 6.76. The van der Waals surface area contributed by atoms with Crippen molar-refractivity contribution < 1.29 is 73.1 Å². The molecule has 3 heterocycles. The van der Waals surface area contributed by atoms with Crippen LogP contribution in [0, 0.1) is 23.7 Å². The molecule has 0 aliphatic carbocycles. The summed E-state index contributed by atoms with van der Waals surface area (Å²) in [6, 6.07) is -0.328. The molecular weight excluding hydrogens is 760 g/mol. The molecule has 0 aromatic rings. The second kappa shape index (κ2) is 21.5. The maximum atomic E-state index is 14.3. The summed E-state index contributed by atoms with van der Waals surface area (Å²) >= 11 is 0. The number of hydrogen-bond donors (Lipinski definition) is 5. The molecule has 0 unspecified atom stereocenters. The van der Waals surface area contributed by atoms with E-state index in [4.69, 9.17) is 42.7 Å². The van der Waals surface area contributed by atoms with Gasteiger partial charge in [-0.3, -0.25) is 4.79 Å². The van der Waals surface area contributed by atoms with Gasteiger partial charge in [-0.1, -0.05) is 32.9 Å². The standard InChI is InChI=1S/C41H76N2O15/c1-15-29-41(10,49)34(45)24(4)31(42-53-21-52-17-16-50-13)22(2)19-39(8,48)36(58-38-32(44)28(43(11)12)18-23(3)54-38)25(5)33(26(6)37(47)56-29)57-30-20-40(9,51-14)35(46)27(7)55-30/h22-30,32-36,38,44-46,48-49H,15-21H2,1-14H3/b42-31-/t22-,23-,24+,25+,26-,27+,28-,29-,30-,32+,33+,34-,35-,36+,38+,39-,40+,41-/m1/s1. The minimum atomic E-state index is -1.97. The van der Waals surface area contributed by atoms with E-state index in [1.807, 2.05) is 32.8 Å². The highest BCUT2D eigenvalue weighted by Gasteiger charge is 2.53. The highest BCUT2D eigenvalue weighted by Crippen LogP contribution is 2.41. The third-order valence-electron chi connectivity index (χ3n) is 12.6. The molecule has 17 nitrogen and oxygen atoms in total. The molecule has 3 fully saturated rings. The number of cyclic esters (lactones) is 1. The number of hydrogen-bond acceptors (Lipinski definition) is 17. The van der Waals surface area contributed by atoms with Crippen molar-refractivity contribution in [2.75, 3.05) is 48.3 Å². The van der Waals surface area contributed by atoms with Crippen molar-refractivity contribution in [3.05, 3.63) is 0 Å². The Kier molecular flexibility index (Phi) is 18.8. The molecule has 3 rings (SSSR count). The number of rotatable bonds is 13. The number of esters is 1. The fourth-order valence-electron chi connectivity index (χ4n) is 8.93. The fraction of sp³-hybridized carbons (Fsp3) is 0.951. The average molecular weight is 837 g/mol. The lowest BCUT2D eigenvalue weighted by molar-refractivity contribution is -0.317. The first-order chi connectivity index (χ1) is 27.0. The van der Waals surface area contributed by atoms with E-state index in [1.165, 1.54) is 14.0 Å². The summed E-state index contributed by atoms with van der Waals surface area (Å²) in [6.45, 7) is 17.3. The molecule has 0 saturated carbocycles. The maximum Gasteiger partial charge on any atom is 0.311 e. The van der Waals surface area contributed by atoms with E-state index in [0.717, 1.165) is 0 Å². The van der Waals surface area contributed by atoms with Crippen LogP contribution in [-0.2, 0) is 47.5 Å². The quantitative estimate of drug-likeness (QED) is 0.0778. The Balaban J connectivity index is 2.22. The normalized spacial score (nSPS) is 45.8. The first kappa shape index (κ1) is 50.8. The first-order valence-electron chi connectivity index (χ1n) is 20.8. The van der Waals surface area contributed by atoms with Crippen LogP contribution in [0.5, 0.6) is 0 Å². The lowest BCUT2D eigenvalue weighted by Gasteiger charge is -2.49. The summed E-state index contributed by atoms with van der Waals surface area (Å²) in [4.78, 5) is 21.8. The summed E-state index contributed by atoms with van der Waals surface area (Å²) in [6.07, 6.45) is -9.49. The highest BCUT2D eigenvalue weighted by molar-refractivity contribution is 5.88. The Hall–Kier alpha value is -1.58. The summed E-state index contributed by atoms with van der Waals surface area (Å²) in [5.41, 5.74) is -4.49. The van der Waals surface area contributed by atoms with Crippen LogP contribution in [0.25, 0.3) is 0 Å². The number of oxime groups is 1. The van der Waals surface area contributed by atoms with E-state index in [0.29, 0.717) is 18.7 Å². The van der Waals surface area contributed by atoms with Crippen molar-refractivity contribution in [1.29, 1.82) is 0 Å². The number of ether oxygens (including phenoxy) is 8. The van der Waals surface area contributed by atoms with Crippen LogP contribution in [0.2, 0.25) is 0 Å². The van der Waals surface area contributed by atoms with Gasteiger partial charge in [0.05, 0.1) is 66.6 Å². The van der Waals surface area contributed by atoms with E-state index < -0.39 is 102 Å². The van der Waals surface area contributed by atoms with E-state index >= 15 is 0 Å². The Morgan fingerprint density at radius 1 is 0.897 bits per heavy atom. The van der Waals surface area contributed by atoms with Crippen molar-refractivity contribution in [2.24, 2.45) is 28.8 Å². The lowest BCUT2D eigenvalue weighted by atomic mass is 9.73. The Morgan fingerprint density at radius 3 is 2.14 bits per heavy atom. The molecule has 18 atom stereocenters. The van der Waals surface area contributed by atoms with E-state index in [9.17, 15) is 30.3 Å². The van der Waals surface area contributed by atoms with E-state index in [2.05, 4.69) is 5.16 Å². The largest absolute Gasteiger partial charge is 0.459 e. The minimum absolute atomic E-state index is 0.0307. The van der Waals surface area contributed by atoms with Crippen molar-refractivity contribution in [3.63, 3.8) is 0 Å². The number of methoxy groups -OCH3 is 2. The molecule has 0 spiro atoms. The second-order valence-corrected chi connectivity index (χ2v) is 17.7. The average Bonchev–Trinajstić information content (AvgIpc) is 3.15. The van der Waals surface area contributed by atoms with E-state index in [1.54, 1.807) is 55.6 Å². The van der Waals surface area contributed by atoms with Gasteiger partial charge in [-0.15, -0.1) is 0 Å². The summed E-state index contributed by atoms with van der Waals surface area (Å²) in [5, 5.41) is 63.6. The van der Waals surface area contributed by atoms with Crippen molar-refractivity contribution in [1.82, 2.24) is 4.90 Å². The third kappa shape index (κ3) is 12.1. The zero-order chi connectivity index (χ0) is 43.9. The Labute approximate surface area is 345 Å². The number of aliphatic hydroxyl groups is 5. The molecule has 3 aliphatic heterocycles. The second-order valence-electron chi connectivity index (χ2n) is 17.7. The van der Waals surface area contributed by atoms with Crippen LogP contribution in [0.1, 0.15) is 94.9 Å². The van der Waals surface area contributed by atoms with Gasteiger partial charge in [0, 0.05) is 44.4 Å². The van der Waals surface area contributed by atoms with Crippen LogP contribution >= 0.6 is 0 Å². The number of carbonyl (C=O) groups excluding carboxylic acids is 1. The van der Waals surface area contributed by atoms with Crippen LogP contribution in [-0.4, -0.2) is 175 Å². The van der Waals surface area contributed by atoms with Gasteiger partial charge in [-0.25, -0.2) is 0 Å². The van der Waals surface area contributed by atoms with Gasteiger partial charge in [-0.2, -0.15) is 0 Å². The first-order valence-corrected chi connectivity index (χ1v) is 20.8. The monoisotopic (exact) mass is 837 g/mol. The molecule has 17 heteroatoms. The molecule has 3 aliphatic rings. The molecule has 0 bridgehead atoms. The van der Waals surface area contributed by atoms with Gasteiger partial charge >= 0.3 is 5.97 Å². The Bertz CT molecular complexity index is 1300. The lowest BCUT2D eigenvalue weighted by Crippen LogP contribution is -2.61. The molecular formula is C41H76N2O15. The number of aliphatic hydroxyl groups excluding tert-OH is 3. The molecule has 58 heavy (non-hydrogen) atoms. The predicted octanol–water partition coefficient (Wildman–Crippen LogP) is 2.21. The van der Waals surface area contributed by atoms with Crippen LogP contribution < -0.4 is 0 Å². The molecule has 0 radical (unpaired) electrons. The summed E-state index contributed by atoms with van der Waals surface area (Å²) < 4.78 is 48.1. The maximum absolute atomic E-state index is 14.3. The van der Waals surface area contributed by atoms with Crippen molar-refractivity contribution >= 4 is 11.7 Å². The van der Waals surface area contributed by atoms with Crippen LogP contribution in [0.15, 0.2) is 5.16 Å². The number of nitrogens with zero attached hydrogens (tertiary/aromatic N) is 2. The molecule has 0 amide bonds. The zero-order valence-corrected chi connectivity index (χ0v) is 37.3. The van der Waals surface area contributed by atoms with Crippen LogP contribution in [0.3, 0.4) is 0 Å². The molecule has 0 aromatic carbocycles. The van der Waals surface area contributed by atoms with Gasteiger partial charge in [0.25, 0.3) is 0 Å². The molecule has 5 N–H and O–H groups in total. The number of carbonyl (C=O) groups is 1. The fourth-order valence-corrected chi connectivity index (χ4v) is 8.93. The minimum Gasteiger partial charge on any atom is -0.459 e. The SMILES string of the molecule is CC[C@H]1OC(=O)[C@H](C)[C@@H](O[C@@H]2C[C@](C)(OC)[C@H](O)[C@H](C)O2)[C@H](C)[C@H](O[C@@H]2O[C@H](C)C[C@@H](N(C)C)[C@@H]2O)[C@](C)(O)C[C@@H](C)/C(=N/OCOCCOC)[C@H](C)[C@@H](O)[C@]1(C)O. The third-order valence-corrected chi connectivity index (χ3v) is 12.6. The van der Waals surface area contributed by atoms with Crippen molar-refractivity contribution in [2.45, 2.75) is 179 Å². The van der Waals surface area contributed by atoms with Gasteiger partial charge in [0.2, 0.25) is 6.79 Å². The predicted molar refractivity (Wildman–Crippen MR) is 212 cm³/mol. The number of likely N-dealkylation sites (N-methyl/N-ethyl adjacent to an activating group) is 1. The van der Waals surface area contributed by atoms with E-state index in [-0.39, 0.29) is 44.8 Å². The zero-order valence-electron chi connectivity index (χ0n) is 37.3. The van der Waals surface area contributed by atoms with Gasteiger partial charge in [0.15, 0.2) is 12.6 Å². The van der Waals surface area contributed by atoms with Crippen LogP contribution in [0.4, 0.5) is 0 Å². The smallest absolute Gasteiger partial charge is 0.311 e. The Morgan fingerprint density at radius 2 is 1.55 bits per heavy atom. The van der Waals surface area contributed by atoms with Crippen molar-refractivity contribution in [3.8, 4) is 0 Å². The van der Waals surface area contributed by atoms with Gasteiger partial charge in [-0.05, 0) is 74.9 Å². The molecule has 340 valence electrons. The van der Waals surface area contributed by atoms with Gasteiger partial charge in [0.1, 0.15) is 23.9 Å². The molecule has 3 saturated heterocycles. The summed E-state index contributed by atoms with van der Waals surface area (Å²) in [5.74, 6) is -4.14. The topological polar surface area (TPSA) is 217 Å². The van der Waals surface area contributed by atoms with Gasteiger partial charge < -0.3 is 73.2 Å². The highest BCUT2D eigenvalue weighted by atomic mass is 16.7. The molecule has 0 aromatic heterocycles.